The van der Waals surface area contributed by atoms with Crippen LogP contribution in [0, 0.1) is 19.7 Å². The summed E-state index contributed by atoms with van der Waals surface area (Å²) in [6, 6.07) is 6.19. The van der Waals surface area contributed by atoms with Crippen molar-refractivity contribution < 1.29 is 13.4 Å². The number of aryl methyl sites for hydroxylation is 2. The van der Waals surface area contributed by atoms with E-state index in [1.165, 1.54) is 12.1 Å². The highest BCUT2D eigenvalue weighted by molar-refractivity contribution is 7.96. The summed E-state index contributed by atoms with van der Waals surface area (Å²) in [7, 11) is -2.78. The summed E-state index contributed by atoms with van der Waals surface area (Å²) in [5.41, 5.74) is 7.71. The summed E-state index contributed by atoms with van der Waals surface area (Å²) < 4.78 is 32.6. The fourth-order valence-corrected chi connectivity index (χ4v) is 7.80. The van der Waals surface area contributed by atoms with E-state index in [0.29, 0.717) is 24.3 Å². The molecule has 3 atom stereocenters. The molecule has 7 nitrogen and oxygen atoms in total. The lowest BCUT2D eigenvalue weighted by Crippen LogP contribution is -2.58. The number of amidine groups is 1. The van der Waals surface area contributed by atoms with E-state index in [-0.39, 0.29) is 11.4 Å². The zero-order valence-electron chi connectivity index (χ0n) is 18.9. The van der Waals surface area contributed by atoms with Crippen LogP contribution in [-0.2, 0) is 15.3 Å². The number of halogens is 1. The maximum absolute atomic E-state index is 15.1. The van der Waals surface area contributed by atoms with Gasteiger partial charge in [0.25, 0.3) is 5.91 Å². The number of nitrogens with one attached hydrogen (secondary N) is 1. The quantitative estimate of drug-likeness (QED) is 0.732. The number of aliphatic imine (C=N–C) groups is 1. The Hall–Kier alpha value is -2.81. The van der Waals surface area contributed by atoms with E-state index in [0.717, 1.165) is 11.1 Å². The van der Waals surface area contributed by atoms with Crippen LogP contribution < -0.4 is 11.1 Å². The van der Waals surface area contributed by atoms with Crippen molar-refractivity contribution in [3.05, 3.63) is 58.7 Å². The summed E-state index contributed by atoms with van der Waals surface area (Å²) in [4.78, 5) is 21.7. The van der Waals surface area contributed by atoms with Gasteiger partial charge in [0.1, 0.15) is 27.6 Å². The van der Waals surface area contributed by atoms with Gasteiger partial charge < -0.3 is 11.1 Å². The van der Waals surface area contributed by atoms with Gasteiger partial charge in [0.05, 0.1) is 15.0 Å². The van der Waals surface area contributed by atoms with Crippen molar-refractivity contribution in [1.29, 1.82) is 0 Å². The third-order valence-corrected chi connectivity index (χ3v) is 10.3. The predicted octanol–water partition coefficient (Wildman–Crippen LogP) is 3.69. The topological polar surface area (TPSA) is 110 Å². The molecule has 0 radical (unpaired) electrons. The molecule has 0 saturated heterocycles. The molecule has 0 fully saturated rings. The maximum Gasteiger partial charge on any atom is 0.274 e. The highest BCUT2D eigenvalue weighted by Crippen LogP contribution is 2.48. The number of benzene rings is 1. The number of amides is 1. The summed E-state index contributed by atoms with van der Waals surface area (Å²) in [6.45, 7) is 9.43. The van der Waals surface area contributed by atoms with E-state index in [2.05, 4.69) is 19.7 Å². The summed E-state index contributed by atoms with van der Waals surface area (Å²) in [5.74, 6) is -0.696. The molecule has 2 aliphatic heterocycles. The molecule has 3 N–H and O–H groups in total. The fraction of sp³-hybridized carbons (Fsp3) is 0.435. The Morgan fingerprint density at radius 3 is 2.66 bits per heavy atom. The molecule has 0 aliphatic carbocycles. The number of fused-ring (bicyclic) bond motifs is 1. The number of carbonyl (C=O) groups is 1. The van der Waals surface area contributed by atoms with Crippen molar-refractivity contribution >= 4 is 27.2 Å². The van der Waals surface area contributed by atoms with Gasteiger partial charge in [-0.05, 0) is 70.4 Å². The number of carbonyl (C=O) groups excluding carboxylic acids is 1. The molecule has 0 bridgehead atoms. The van der Waals surface area contributed by atoms with Gasteiger partial charge in [0, 0.05) is 24.0 Å². The molecule has 1 unspecified atom stereocenters. The lowest BCUT2D eigenvalue weighted by molar-refractivity contribution is 0.102. The maximum atomic E-state index is 15.1. The lowest BCUT2D eigenvalue weighted by Gasteiger charge is -2.44. The largest absolute Gasteiger partial charge is 0.386 e. The smallest absolute Gasteiger partial charge is 0.274 e. The van der Waals surface area contributed by atoms with E-state index in [9.17, 15) is 9.00 Å². The van der Waals surface area contributed by atoms with Gasteiger partial charge in [-0.25, -0.2) is 13.0 Å². The van der Waals surface area contributed by atoms with Crippen molar-refractivity contribution in [1.82, 2.24) is 4.98 Å². The first-order chi connectivity index (χ1) is 14.9. The SMILES string of the molecule is Cc1cnc(C(=O)Nc2ccc(F)c([C@@]3(C)N=C(N)C(C)(C)[S@@]4(=O)=NCCC34)c2)c(C)c1. The molecule has 0 spiro atoms. The summed E-state index contributed by atoms with van der Waals surface area (Å²) >= 11 is 0. The van der Waals surface area contributed by atoms with Crippen LogP contribution >= 0.6 is 0 Å². The first-order valence-corrected chi connectivity index (χ1v) is 12.1. The Kier molecular flexibility index (Phi) is 5.15. The molecule has 1 amide bonds. The molecule has 2 aromatic rings. The Morgan fingerprint density at radius 2 is 1.97 bits per heavy atom. The monoisotopic (exact) mass is 457 g/mol. The van der Waals surface area contributed by atoms with Crippen molar-refractivity contribution in [2.75, 3.05) is 11.9 Å². The Balaban J connectivity index is 1.76. The predicted molar refractivity (Wildman–Crippen MR) is 125 cm³/mol. The van der Waals surface area contributed by atoms with Crippen LogP contribution in [-0.4, -0.2) is 37.5 Å². The third kappa shape index (κ3) is 3.21. The van der Waals surface area contributed by atoms with Crippen LogP contribution in [0.1, 0.15) is 54.4 Å². The minimum Gasteiger partial charge on any atom is -0.386 e. The van der Waals surface area contributed by atoms with E-state index >= 15 is 4.39 Å². The molecule has 1 aromatic carbocycles. The van der Waals surface area contributed by atoms with Crippen molar-refractivity contribution in [2.45, 2.75) is 56.6 Å². The zero-order valence-corrected chi connectivity index (χ0v) is 19.7. The molecule has 0 saturated carbocycles. The minimum atomic E-state index is -2.78. The number of nitrogens with zero attached hydrogens (tertiary/aromatic N) is 3. The highest BCUT2D eigenvalue weighted by atomic mass is 32.2. The van der Waals surface area contributed by atoms with E-state index < -0.39 is 37.0 Å². The second-order valence-electron chi connectivity index (χ2n) is 9.18. The number of rotatable bonds is 3. The number of nitrogens with two attached hydrogens (primary N) is 1. The van der Waals surface area contributed by atoms with Crippen LogP contribution in [0.15, 0.2) is 39.8 Å². The second kappa shape index (κ2) is 7.37. The van der Waals surface area contributed by atoms with Crippen molar-refractivity contribution in [3.8, 4) is 0 Å². The van der Waals surface area contributed by atoms with Crippen LogP contribution in [0.2, 0.25) is 0 Å². The number of pyridine rings is 1. The number of hydrogen-bond donors (Lipinski definition) is 2. The van der Waals surface area contributed by atoms with Crippen molar-refractivity contribution in [3.63, 3.8) is 0 Å². The molecule has 2 aliphatic rings. The van der Waals surface area contributed by atoms with Crippen LogP contribution in [0.4, 0.5) is 10.1 Å². The van der Waals surface area contributed by atoms with E-state index in [1.54, 1.807) is 33.0 Å². The molecular formula is C23H28FN5O2S. The standard InChI is InChI=1S/C23H28FN5O2S/c1-13-10-14(2)19(26-12-13)20(30)28-15-6-7-17(24)16(11-15)23(5)18-8-9-27-32(18,31)22(3,4)21(25)29-23/h6-7,10-12,18H,8-9H2,1-5H3,(H2,25,29)(H,28,30)/t18?,23-,32-/m1/s1. The van der Waals surface area contributed by atoms with Gasteiger partial charge in [-0.15, -0.1) is 0 Å². The summed E-state index contributed by atoms with van der Waals surface area (Å²) in [6.07, 6.45) is 2.15. The Morgan fingerprint density at radius 1 is 1.25 bits per heavy atom. The van der Waals surface area contributed by atoms with E-state index in [1.807, 2.05) is 19.9 Å². The number of aromatic nitrogens is 1. The average molecular weight is 458 g/mol. The normalized spacial score (nSPS) is 28.4. The summed E-state index contributed by atoms with van der Waals surface area (Å²) in [5, 5.41) is 2.31. The van der Waals surface area contributed by atoms with Crippen molar-refractivity contribution in [2.24, 2.45) is 15.1 Å². The van der Waals surface area contributed by atoms with Crippen LogP contribution in [0.3, 0.4) is 0 Å². The fourth-order valence-electron chi connectivity index (χ4n) is 4.64. The van der Waals surface area contributed by atoms with Gasteiger partial charge in [-0.3, -0.25) is 14.8 Å². The molecule has 32 heavy (non-hydrogen) atoms. The van der Waals surface area contributed by atoms with Crippen LogP contribution in [0.5, 0.6) is 0 Å². The zero-order chi connectivity index (χ0) is 23.5. The first kappa shape index (κ1) is 22.4. The van der Waals surface area contributed by atoms with Gasteiger partial charge in [-0.2, -0.15) is 0 Å². The highest BCUT2D eigenvalue weighted by Gasteiger charge is 2.56. The second-order valence-corrected chi connectivity index (χ2v) is 12.2. The minimum absolute atomic E-state index is 0.195. The first-order valence-electron chi connectivity index (χ1n) is 10.5. The third-order valence-electron chi connectivity index (χ3n) is 6.59. The average Bonchev–Trinajstić information content (AvgIpc) is 3.13. The molecule has 3 heterocycles. The van der Waals surface area contributed by atoms with Gasteiger partial charge in [0.2, 0.25) is 0 Å². The Bertz CT molecular complexity index is 1280. The molecular weight excluding hydrogens is 429 g/mol. The molecule has 9 heteroatoms. The molecule has 1 aromatic heterocycles. The molecule has 4 rings (SSSR count). The van der Waals surface area contributed by atoms with Gasteiger partial charge in [-0.1, -0.05) is 6.07 Å². The lowest BCUT2D eigenvalue weighted by atomic mass is 9.85. The molecule has 170 valence electrons. The number of anilines is 1. The van der Waals surface area contributed by atoms with Gasteiger partial charge >= 0.3 is 0 Å². The van der Waals surface area contributed by atoms with Gasteiger partial charge in [0.15, 0.2) is 0 Å². The Labute approximate surface area is 187 Å². The number of hydrogen-bond acceptors (Lipinski definition) is 6. The van der Waals surface area contributed by atoms with E-state index in [4.69, 9.17) is 5.73 Å². The van der Waals surface area contributed by atoms with Crippen LogP contribution in [0.25, 0.3) is 0 Å².